The van der Waals surface area contributed by atoms with Crippen molar-refractivity contribution in [2.24, 2.45) is 0 Å². The maximum Gasteiger partial charge on any atom is 0.372 e. The lowest BCUT2D eigenvalue weighted by Crippen LogP contribution is -2.28. The highest BCUT2D eigenvalue weighted by molar-refractivity contribution is 7.89. The molecule has 1 N–H and O–H groups in total. The van der Waals surface area contributed by atoms with Crippen molar-refractivity contribution in [3.05, 3.63) is 16.4 Å². The summed E-state index contributed by atoms with van der Waals surface area (Å²) in [6.45, 7) is -0.0263. The van der Waals surface area contributed by atoms with Crippen LogP contribution in [-0.4, -0.2) is 61.1 Å². The van der Waals surface area contributed by atoms with Gasteiger partial charge in [0, 0.05) is 20.6 Å². The minimum absolute atomic E-state index is 0.0263. The summed E-state index contributed by atoms with van der Waals surface area (Å²) in [6, 6.07) is 0. The Kier molecular flexibility index (Phi) is 5.16. The van der Waals surface area contributed by atoms with Crippen LogP contribution in [-0.2, 0) is 10.0 Å². The van der Waals surface area contributed by atoms with E-state index in [9.17, 15) is 18.5 Å². The number of methoxy groups -OCH3 is 1. The number of ether oxygens (including phenoxy) is 1. The van der Waals surface area contributed by atoms with Gasteiger partial charge in [-0.25, -0.2) is 17.7 Å². The maximum atomic E-state index is 11.6. The summed E-state index contributed by atoms with van der Waals surface area (Å²) in [6.07, 6.45) is 1.09. The quantitative estimate of drug-likeness (QED) is 0.537. The van der Waals surface area contributed by atoms with Crippen LogP contribution in [0, 0.1) is 10.1 Å². The molecule has 0 aromatic carbocycles. The summed E-state index contributed by atoms with van der Waals surface area (Å²) in [5.41, 5.74) is -0.433. The average Bonchev–Trinajstić information content (AvgIpc) is 2.37. The number of nitro groups is 1. The number of sulfonamides is 1. The zero-order valence-corrected chi connectivity index (χ0v) is 12.0. The Morgan fingerprint density at radius 3 is 2.60 bits per heavy atom. The van der Waals surface area contributed by atoms with Crippen molar-refractivity contribution >= 4 is 21.5 Å². The highest BCUT2D eigenvalue weighted by Crippen LogP contribution is 2.30. The number of hydrogen-bond acceptors (Lipinski definition) is 8. The van der Waals surface area contributed by atoms with E-state index in [0.29, 0.717) is 0 Å². The van der Waals surface area contributed by atoms with Crippen molar-refractivity contribution in [2.45, 2.75) is 0 Å². The summed E-state index contributed by atoms with van der Waals surface area (Å²) in [7, 11) is 0.671. The molecule has 0 saturated heterocycles. The van der Waals surface area contributed by atoms with E-state index in [2.05, 4.69) is 15.3 Å². The molecule has 0 aliphatic rings. The van der Waals surface area contributed by atoms with Crippen molar-refractivity contribution in [2.75, 3.05) is 38.8 Å². The van der Waals surface area contributed by atoms with Gasteiger partial charge in [-0.2, -0.15) is 4.98 Å². The number of nitrogens with one attached hydrogen (secondary N) is 1. The van der Waals surface area contributed by atoms with Gasteiger partial charge in [-0.15, -0.1) is 0 Å². The number of hydrogen-bond donors (Lipinski definition) is 1. The van der Waals surface area contributed by atoms with Crippen molar-refractivity contribution in [3.8, 4) is 5.88 Å². The lowest BCUT2D eigenvalue weighted by Gasteiger charge is -2.12. The van der Waals surface area contributed by atoms with Gasteiger partial charge in [0.25, 0.3) is 5.88 Å². The summed E-state index contributed by atoms with van der Waals surface area (Å²) < 4.78 is 29.0. The van der Waals surface area contributed by atoms with Crippen LogP contribution in [0.15, 0.2) is 6.33 Å². The van der Waals surface area contributed by atoms with Gasteiger partial charge in [0.05, 0.1) is 17.8 Å². The Morgan fingerprint density at radius 2 is 2.10 bits per heavy atom. The molecule has 0 fully saturated rings. The van der Waals surface area contributed by atoms with E-state index in [4.69, 9.17) is 4.74 Å². The van der Waals surface area contributed by atoms with Crippen molar-refractivity contribution in [1.29, 1.82) is 0 Å². The van der Waals surface area contributed by atoms with Gasteiger partial charge < -0.3 is 10.1 Å². The van der Waals surface area contributed by atoms with Crippen molar-refractivity contribution in [1.82, 2.24) is 14.3 Å². The van der Waals surface area contributed by atoms with E-state index in [1.807, 2.05) is 0 Å². The summed E-state index contributed by atoms with van der Waals surface area (Å²) >= 11 is 0. The summed E-state index contributed by atoms with van der Waals surface area (Å²) in [5.74, 6) is -0.498. The predicted octanol–water partition coefficient (Wildman–Crippen LogP) is -0.303. The highest BCUT2D eigenvalue weighted by atomic mass is 32.2. The van der Waals surface area contributed by atoms with Gasteiger partial charge in [-0.3, -0.25) is 10.1 Å². The molecule has 0 spiro atoms. The molecular weight excluding hydrogens is 290 g/mol. The standard InChI is InChI=1S/C9H15N5O5S/c1-13(2)20(17,18)5-4-10-8-7(14(15)16)9(19-3)12-6-11-8/h6H,4-5H2,1-3H3,(H,10,11,12). The molecule has 1 aromatic rings. The first-order valence-electron chi connectivity index (χ1n) is 5.47. The second-order valence-electron chi connectivity index (χ2n) is 3.86. The molecule has 1 rings (SSSR count). The number of aromatic nitrogens is 2. The van der Waals surface area contributed by atoms with Crippen LogP contribution in [0.3, 0.4) is 0 Å². The molecule has 20 heavy (non-hydrogen) atoms. The topological polar surface area (TPSA) is 128 Å². The van der Waals surface area contributed by atoms with Gasteiger partial charge in [0.15, 0.2) is 0 Å². The Morgan fingerprint density at radius 1 is 1.45 bits per heavy atom. The smallest absolute Gasteiger partial charge is 0.372 e. The lowest BCUT2D eigenvalue weighted by atomic mass is 10.4. The van der Waals surface area contributed by atoms with Crippen LogP contribution < -0.4 is 10.1 Å². The van der Waals surface area contributed by atoms with Crippen LogP contribution in [0.2, 0.25) is 0 Å². The molecule has 0 saturated carbocycles. The number of nitrogens with zero attached hydrogens (tertiary/aromatic N) is 4. The third-order valence-corrected chi connectivity index (χ3v) is 4.21. The fraction of sp³-hybridized carbons (Fsp3) is 0.556. The van der Waals surface area contributed by atoms with Crippen LogP contribution in [0.25, 0.3) is 0 Å². The third-order valence-electron chi connectivity index (χ3n) is 2.37. The zero-order chi connectivity index (χ0) is 15.3. The maximum absolute atomic E-state index is 11.6. The molecular formula is C9H15N5O5S. The fourth-order valence-corrected chi connectivity index (χ4v) is 2.01. The Bertz CT molecular complexity index is 588. The second kappa shape index (κ2) is 6.43. The molecule has 1 heterocycles. The van der Waals surface area contributed by atoms with Gasteiger partial charge in [-0.05, 0) is 0 Å². The van der Waals surface area contributed by atoms with Crippen molar-refractivity contribution < 1.29 is 18.1 Å². The first-order valence-corrected chi connectivity index (χ1v) is 7.08. The summed E-state index contributed by atoms with van der Waals surface area (Å²) in [4.78, 5) is 17.6. The molecule has 0 amide bonds. The Balaban J connectivity index is 2.86. The zero-order valence-electron chi connectivity index (χ0n) is 11.2. The largest absolute Gasteiger partial charge is 0.476 e. The SMILES string of the molecule is COc1ncnc(NCCS(=O)(=O)N(C)C)c1[N+](=O)[O-]. The minimum Gasteiger partial charge on any atom is -0.476 e. The second-order valence-corrected chi connectivity index (χ2v) is 6.16. The van der Waals surface area contributed by atoms with Gasteiger partial charge in [-0.1, -0.05) is 0 Å². The fourth-order valence-electron chi connectivity index (χ4n) is 1.29. The first-order chi connectivity index (χ1) is 9.29. The molecule has 0 atom stereocenters. The Labute approximate surface area is 116 Å². The lowest BCUT2D eigenvalue weighted by molar-refractivity contribution is -0.385. The van der Waals surface area contributed by atoms with Crippen LogP contribution in [0.5, 0.6) is 5.88 Å². The van der Waals surface area contributed by atoms with E-state index in [1.165, 1.54) is 21.2 Å². The normalized spacial score (nSPS) is 11.4. The Hall–Kier alpha value is -2.01. The number of rotatable bonds is 7. The third kappa shape index (κ3) is 3.74. The van der Waals surface area contributed by atoms with Gasteiger partial charge in [0.2, 0.25) is 15.8 Å². The molecule has 10 nitrogen and oxygen atoms in total. The molecule has 0 radical (unpaired) electrons. The van der Waals surface area contributed by atoms with E-state index in [1.54, 1.807) is 0 Å². The van der Waals surface area contributed by atoms with Gasteiger partial charge in [0.1, 0.15) is 6.33 Å². The highest BCUT2D eigenvalue weighted by Gasteiger charge is 2.24. The van der Waals surface area contributed by atoms with E-state index in [0.717, 1.165) is 10.6 Å². The average molecular weight is 305 g/mol. The molecule has 112 valence electrons. The van der Waals surface area contributed by atoms with E-state index in [-0.39, 0.29) is 24.0 Å². The van der Waals surface area contributed by atoms with Crippen molar-refractivity contribution in [3.63, 3.8) is 0 Å². The van der Waals surface area contributed by atoms with Crippen LogP contribution in [0.4, 0.5) is 11.5 Å². The first kappa shape index (κ1) is 16.0. The number of anilines is 1. The van der Waals surface area contributed by atoms with Crippen LogP contribution in [0.1, 0.15) is 0 Å². The van der Waals surface area contributed by atoms with Crippen LogP contribution >= 0.6 is 0 Å². The molecule has 0 aliphatic carbocycles. The molecule has 0 unspecified atom stereocenters. The molecule has 0 bridgehead atoms. The van der Waals surface area contributed by atoms with Gasteiger partial charge >= 0.3 is 5.69 Å². The van der Waals surface area contributed by atoms with E-state index < -0.39 is 20.6 Å². The predicted molar refractivity (Wildman–Crippen MR) is 71.2 cm³/mol. The monoisotopic (exact) mass is 305 g/mol. The summed E-state index contributed by atoms with van der Waals surface area (Å²) in [5, 5.41) is 13.6. The molecule has 0 aliphatic heterocycles. The molecule has 11 heteroatoms. The molecule has 1 aromatic heterocycles. The minimum atomic E-state index is -3.39. The van der Waals surface area contributed by atoms with E-state index >= 15 is 0 Å².